The Labute approximate surface area is 181 Å². The SMILES string of the molecule is COc1cc(-c2noc(CCCCCNC(=O)C(C)c3cc(C)oc3C)n2)ccc1O. The number of ether oxygens (including phenoxy) is 1. The Kier molecular flexibility index (Phi) is 7.33. The molecule has 1 unspecified atom stereocenters. The fourth-order valence-electron chi connectivity index (χ4n) is 3.45. The average molecular weight is 428 g/mol. The van der Waals surface area contributed by atoms with E-state index >= 15 is 0 Å². The van der Waals surface area contributed by atoms with E-state index in [1.54, 1.807) is 12.1 Å². The molecule has 0 bridgehead atoms. The number of amides is 1. The highest BCUT2D eigenvalue weighted by atomic mass is 16.5. The summed E-state index contributed by atoms with van der Waals surface area (Å²) >= 11 is 0. The number of nitrogens with one attached hydrogen (secondary N) is 1. The molecule has 1 aromatic carbocycles. The minimum Gasteiger partial charge on any atom is -0.504 e. The van der Waals surface area contributed by atoms with Gasteiger partial charge in [-0.2, -0.15) is 4.98 Å². The summed E-state index contributed by atoms with van der Waals surface area (Å²) < 4.78 is 15.9. The number of furan rings is 1. The number of aromatic hydroxyl groups is 1. The van der Waals surface area contributed by atoms with Gasteiger partial charge in [0.2, 0.25) is 17.6 Å². The predicted molar refractivity (Wildman–Crippen MR) is 115 cm³/mol. The van der Waals surface area contributed by atoms with Crippen LogP contribution in [-0.4, -0.2) is 34.8 Å². The van der Waals surface area contributed by atoms with Crippen molar-refractivity contribution in [1.29, 1.82) is 0 Å². The van der Waals surface area contributed by atoms with Gasteiger partial charge in [0, 0.05) is 24.1 Å². The van der Waals surface area contributed by atoms with Gasteiger partial charge < -0.3 is 24.1 Å². The first kappa shape index (κ1) is 22.4. The molecule has 0 spiro atoms. The Hall–Kier alpha value is -3.29. The molecule has 31 heavy (non-hydrogen) atoms. The zero-order valence-electron chi connectivity index (χ0n) is 18.4. The highest BCUT2D eigenvalue weighted by Gasteiger charge is 2.19. The van der Waals surface area contributed by atoms with Gasteiger partial charge in [-0.05, 0) is 57.9 Å². The van der Waals surface area contributed by atoms with Crippen LogP contribution in [0, 0.1) is 13.8 Å². The number of phenolic OH excluding ortho intramolecular Hbond substituents is 1. The average Bonchev–Trinajstić information content (AvgIpc) is 3.36. The summed E-state index contributed by atoms with van der Waals surface area (Å²) in [7, 11) is 1.49. The molecule has 8 heteroatoms. The maximum atomic E-state index is 12.4. The van der Waals surface area contributed by atoms with E-state index in [0.717, 1.165) is 36.3 Å². The van der Waals surface area contributed by atoms with Gasteiger partial charge in [0.15, 0.2) is 11.5 Å². The first-order chi connectivity index (χ1) is 14.9. The second-order valence-corrected chi connectivity index (χ2v) is 7.59. The number of carbonyl (C=O) groups excluding carboxylic acids is 1. The van der Waals surface area contributed by atoms with E-state index in [1.807, 2.05) is 26.8 Å². The van der Waals surface area contributed by atoms with E-state index in [1.165, 1.54) is 13.2 Å². The molecule has 0 saturated carbocycles. The maximum Gasteiger partial charge on any atom is 0.227 e. The molecule has 0 aliphatic carbocycles. The number of aryl methyl sites for hydroxylation is 3. The van der Waals surface area contributed by atoms with Crippen molar-refractivity contribution in [2.45, 2.75) is 52.4 Å². The van der Waals surface area contributed by atoms with Crippen LogP contribution in [0.3, 0.4) is 0 Å². The Morgan fingerprint density at radius 2 is 2.03 bits per heavy atom. The normalized spacial score (nSPS) is 12.0. The second kappa shape index (κ2) is 10.1. The number of carbonyl (C=O) groups is 1. The van der Waals surface area contributed by atoms with E-state index in [-0.39, 0.29) is 17.6 Å². The lowest BCUT2D eigenvalue weighted by Gasteiger charge is -2.11. The number of methoxy groups -OCH3 is 1. The number of hydrogen-bond donors (Lipinski definition) is 2. The summed E-state index contributed by atoms with van der Waals surface area (Å²) in [5.41, 5.74) is 1.65. The van der Waals surface area contributed by atoms with E-state index in [0.29, 0.717) is 36.0 Å². The van der Waals surface area contributed by atoms with Crippen LogP contribution in [-0.2, 0) is 11.2 Å². The molecule has 1 atom stereocenters. The largest absolute Gasteiger partial charge is 0.504 e. The molecule has 1 amide bonds. The molecule has 8 nitrogen and oxygen atoms in total. The fraction of sp³-hybridized carbons (Fsp3) is 0.435. The van der Waals surface area contributed by atoms with Gasteiger partial charge in [-0.1, -0.05) is 11.6 Å². The Morgan fingerprint density at radius 1 is 1.23 bits per heavy atom. The molecule has 0 aliphatic heterocycles. The molecule has 0 radical (unpaired) electrons. The van der Waals surface area contributed by atoms with Gasteiger partial charge in [0.05, 0.1) is 13.0 Å². The van der Waals surface area contributed by atoms with Crippen LogP contribution in [0.2, 0.25) is 0 Å². The Balaban J connectivity index is 1.39. The Morgan fingerprint density at radius 3 is 2.74 bits per heavy atom. The molecule has 0 fully saturated rings. The van der Waals surface area contributed by atoms with Crippen molar-refractivity contribution in [1.82, 2.24) is 15.5 Å². The molecule has 3 rings (SSSR count). The quantitative estimate of drug-likeness (QED) is 0.464. The van der Waals surface area contributed by atoms with Gasteiger partial charge in [-0.25, -0.2) is 0 Å². The number of unbranched alkanes of at least 4 members (excludes halogenated alkanes) is 2. The molecule has 2 N–H and O–H groups in total. The molecular weight excluding hydrogens is 398 g/mol. The third kappa shape index (κ3) is 5.65. The highest BCUT2D eigenvalue weighted by molar-refractivity contribution is 5.83. The van der Waals surface area contributed by atoms with Crippen molar-refractivity contribution in [3.05, 3.63) is 47.2 Å². The number of hydrogen-bond acceptors (Lipinski definition) is 7. The second-order valence-electron chi connectivity index (χ2n) is 7.59. The lowest BCUT2D eigenvalue weighted by atomic mass is 10.0. The minimum absolute atomic E-state index is 0.00905. The van der Waals surface area contributed by atoms with Crippen LogP contribution < -0.4 is 10.1 Å². The van der Waals surface area contributed by atoms with E-state index in [2.05, 4.69) is 15.5 Å². The topological polar surface area (TPSA) is 111 Å². The lowest BCUT2D eigenvalue weighted by Crippen LogP contribution is -2.29. The third-order valence-electron chi connectivity index (χ3n) is 5.21. The maximum absolute atomic E-state index is 12.4. The van der Waals surface area contributed by atoms with Gasteiger partial charge in [-0.3, -0.25) is 4.79 Å². The standard InChI is InChI=1S/C23H29N3O5/c1-14-12-18(16(3)30-14)15(2)23(28)24-11-7-5-6-8-21-25-22(26-31-21)17-9-10-19(27)20(13-17)29-4/h9-10,12-13,15,27H,5-8,11H2,1-4H3,(H,24,28). The lowest BCUT2D eigenvalue weighted by molar-refractivity contribution is -0.122. The van der Waals surface area contributed by atoms with Gasteiger partial charge >= 0.3 is 0 Å². The minimum atomic E-state index is -0.229. The first-order valence-electron chi connectivity index (χ1n) is 10.4. The fourth-order valence-corrected chi connectivity index (χ4v) is 3.45. The van der Waals surface area contributed by atoms with E-state index in [4.69, 9.17) is 13.7 Å². The predicted octanol–water partition coefficient (Wildman–Crippen LogP) is 4.29. The third-order valence-corrected chi connectivity index (χ3v) is 5.21. The monoisotopic (exact) mass is 427 g/mol. The summed E-state index contributed by atoms with van der Waals surface area (Å²) in [6, 6.07) is 6.84. The van der Waals surface area contributed by atoms with Crippen molar-refractivity contribution in [3.8, 4) is 22.9 Å². The zero-order valence-corrected chi connectivity index (χ0v) is 18.4. The first-order valence-corrected chi connectivity index (χ1v) is 10.4. The number of benzene rings is 1. The Bertz CT molecular complexity index is 1020. The smallest absolute Gasteiger partial charge is 0.227 e. The number of rotatable bonds is 10. The highest BCUT2D eigenvalue weighted by Crippen LogP contribution is 2.30. The van der Waals surface area contributed by atoms with E-state index < -0.39 is 0 Å². The van der Waals surface area contributed by atoms with Gasteiger partial charge in [0.1, 0.15) is 11.5 Å². The van der Waals surface area contributed by atoms with Gasteiger partial charge in [0.25, 0.3) is 0 Å². The van der Waals surface area contributed by atoms with Gasteiger partial charge in [-0.15, -0.1) is 0 Å². The van der Waals surface area contributed by atoms with E-state index in [9.17, 15) is 9.90 Å². The summed E-state index contributed by atoms with van der Waals surface area (Å²) in [5, 5.41) is 16.7. The number of nitrogens with zero attached hydrogens (tertiary/aromatic N) is 2. The number of aromatic nitrogens is 2. The summed E-state index contributed by atoms with van der Waals surface area (Å²) in [4.78, 5) is 16.8. The number of phenols is 1. The van der Waals surface area contributed by atoms with Crippen LogP contribution in [0.1, 0.15) is 55.1 Å². The van der Waals surface area contributed by atoms with Crippen molar-refractivity contribution >= 4 is 5.91 Å². The van der Waals surface area contributed by atoms with Crippen LogP contribution in [0.4, 0.5) is 0 Å². The van der Waals surface area contributed by atoms with Crippen LogP contribution in [0.5, 0.6) is 11.5 Å². The van der Waals surface area contributed by atoms with Crippen molar-refractivity contribution in [3.63, 3.8) is 0 Å². The molecule has 2 aromatic heterocycles. The van der Waals surface area contributed by atoms with Crippen LogP contribution >= 0.6 is 0 Å². The van der Waals surface area contributed by atoms with Crippen molar-refractivity contribution in [2.24, 2.45) is 0 Å². The summed E-state index contributed by atoms with van der Waals surface area (Å²) in [5.74, 6) is 2.84. The van der Waals surface area contributed by atoms with Crippen molar-refractivity contribution < 1.29 is 23.6 Å². The molecule has 0 saturated heterocycles. The van der Waals surface area contributed by atoms with Crippen molar-refractivity contribution in [2.75, 3.05) is 13.7 Å². The summed E-state index contributed by atoms with van der Waals surface area (Å²) in [6.45, 7) is 6.28. The van der Waals surface area contributed by atoms with Crippen LogP contribution in [0.25, 0.3) is 11.4 Å². The molecule has 0 aliphatic rings. The van der Waals surface area contributed by atoms with Crippen LogP contribution in [0.15, 0.2) is 33.2 Å². The molecule has 2 heterocycles. The molecule has 166 valence electrons. The zero-order chi connectivity index (χ0) is 22.4. The molecular formula is C23H29N3O5. The summed E-state index contributed by atoms with van der Waals surface area (Å²) in [6.07, 6.45) is 3.35. The molecule has 3 aromatic rings.